The van der Waals surface area contributed by atoms with E-state index in [1.807, 2.05) is 0 Å². The average Bonchev–Trinajstić information content (AvgIpc) is 3.04. The van der Waals surface area contributed by atoms with E-state index in [0.717, 1.165) is 0 Å². The van der Waals surface area contributed by atoms with Crippen molar-refractivity contribution in [2.45, 2.75) is 6.92 Å². The summed E-state index contributed by atoms with van der Waals surface area (Å²) in [5, 5.41) is 14.2. The van der Waals surface area contributed by atoms with Gasteiger partial charge in [0.25, 0.3) is 0 Å². The zero-order valence-electron chi connectivity index (χ0n) is 11.1. The molecule has 0 aliphatic carbocycles. The van der Waals surface area contributed by atoms with Gasteiger partial charge in [0.05, 0.1) is 5.69 Å². The van der Waals surface area contributed by atoms with Crippen LogP contribution in [0.25, 0.3) is 17.1 Å². The van der Waals surface area contributed by atoms with Crippen LogP contribution in [0.2, 0.25) is 5.02 Å². The summed E-state index contributed by atoms with van der Waals surface area (Å²) in [4.78, 5) is 11.4. The van der Waals surface area contributed by atoms with Crippen LogP contribution in [0.5, 0.6) is 0 Å². The molecule has 2 aromatic heterocycles. The molecule has 0 aliphatic rings. The predicted molar refractivity (Wildman–Crippen MR) is 78.0 cm³/mol. The number of carbonyl (C=O) groups is 1. The lowest BCUT2D eigenvalue weighted by atomic mass is 10.2. The highest BCUT2D eigenvalue weighted by molar-refractivity contribution is 6.30. The maximum Gasteiger partial charge on any atom is 0.339 e. The molecular formula is C15H11ClN2O3. The Hall–Kier alpha value is -2.53. The molecule has 3 aromatic rings. The number of hydrogen-bond acceptors (Lipinski definition) is 3. The molecule has 0 saturated carbocycles. The molecule has 0 fully saturated rings. The maximum atomic E-state index is 11.4. The van der Waals surface area contributed by atoms with Gasteiger partial charge < -0.3 is 9.52 Å². The standard InChI is InChI=1S/C15H11ClN2O3/c1-9-5-6-13(21-9)14-12(15(19)20)8-18(17-14)11-4-2-3-10(16)7-11/h2-8H,1H3,(H,19,20). The SMILES string of the molecule is Cc1ccc(-c2nn(-c3cccc(Cl)c3)cc2C(=O)O)o1. The van der Waals surface area contributed by atoms with Crippen LogP contribution >= 0.6 is 11.6 Å². The average molecular weight is 303 g/mol. The van der Waals surface area contributed by atoms with Crippen molar-refractivity contribution >= 4 is 17.6 Å². The number of halogens is 1. The normalized spacial score (nSPS) is 10.8. The van der Waals surface area contributed by atoms with E-state index in [1.54, 1.807) is 43.3 Å². The molecule has 0 radical (unpaired) electrons. The van der Waals surface area contributed by atoms with Crippen LogP contribution in [0.15, 0.2) is 47.0 Å². The number of aromatic nitrogens is 2. The van der Waals surface area contributed by atoms with Crippen LogP contribution in [0.3, 0.4) is 0 Å². The minimum absolute atomic E-state index is 0.0734. The molecule has 1 aromatic carbocycles. The third-order valence-corrected chi connectivity index (χ3v) is 3.23. The van der Waals surface area contributed by atoms with Gasteiger partial charge in [-0.15, -0.1) is 0 Å². The van der Waals surface area contributed by atoms with Crippen LogP contribution < -0.4 is 0 Å². The largest absolute Gasteiger partial charge is 0.478 e. The Morgan fingerprint density at radius 3 is 2.76 bits per heavy atom. The Balaban J connectivity index is 2.15. The molecule has 0 amide bonds. The van der Waals surface area contributed by atoms with Crippen molar-refractivity contribution in [2.24, 2.45) is 0 Å². The quantitative estimate of drug-likeness (QED) is 0.799. The highest BCUT2D eigenvalue weighted by Gasteiger charge is 2.20. The number of rotatable bonds is 3. The molecule has 0 bridgehead atoms. The lowest BCUT2D eigenvalue weighted by Crippen LogP contribution is -1.96. The van der Waals surface area contributed by atoms with Gasteiger partial charge in [0.15, 0.2) is 5.76 Å². The van der Waals surface area contributed by atoms with E-state index in [4.69, 9.17) is 16.0 Å². The number of nitrogens with zero attached hydrogens (tertiary/aromatic N) is 2. The molecule has 0 atom stereocenters. The summed E-state index contributed by atoms with van der Waals surface area (Å²) in [5.41, 5.74) is 1.04. The molecule has 3 rings (SSSR count). The molecule has 21 heavy (non-hydrogen) atoms. The lowest BCUT2D eigenvalue weighted by Gasteiger charge is -2.00. The highest BCUT2D eigenvalue weighted by Crippen LogP contribution is 2.26. The van der Waals surface area contributed by atoms with Crippen molar-refractivity contribution < 1.29 is 14.3 Å². The third kappa shape index (κ3) is 2.55. The Labute approximate surface area is 125 Å². The van der Waals surface area contributed by atoms with E-state index in [2.05, 4.69) is 5.10 Å². The molecule has 5 nitrogen and oxygen atoms in total. The van der Waals surface area contributed by atoms with Gasteiger partial charge in [-0.2, -0.15) is 5.10 Å². The summed E-state index contributed by atoms with van der Waals surface area (Å²) >= 11 is 5.95. The smallest absolute Gasteiger partial charge is 0.339 e. The van der Waals surface area contributed by atoms with Gasteiger partial charge in [0.1, 0.15) is 17.0 Å². The van der Waals surface area contributed by atoms with Crippen LogP contribution in [0, 0.1) is 6.92 Å². The Morgan fingerprint density at radius 1 is 1.33 bits per heavy atom. The first-order valence-corrected chi connectivity index (χ1v) is 6.58. The van der Waals surface area contributed by atoms with E-state index >= 15 is 0 Å². The molecule has 2 heterocycles. The summed E-state index contributed by atoms with van der Waals surface area (Å²) in [6.45, 7) is 1.79. The molecule has 0 spiro atoms. The zero-order valence-corrected chi connectivity index (χ0v) is 11.8. The van der Waals surface area contributed by atoms with Crippen molar-refractivity contribution in [3.63, 3.8) is 0 Å². The second kappa shape index (κ2) is 5.10. The van der Waals surface area contributed by atoms with E-state index in [0.29, 0.717) is 22.2 Å². The molecule has 1 N–H and O–H groups in total. The first-order valence-electron chi connectivity index (χ1n) is 6.20. The van der Waals surface area contributed by atoms with E-state index < -0.39 is 5.97 Å². The minimum Gasteiger partial charge on any atom is -0.478 e. The first-order chi connectivity index (χ1) is 10.0. The lowest BCUT2D eigenvalue weighted by molar-refractivity contribution is 0.0697. The summed E-state index contributed by atoms with van der Waals surface area (Å²) in [6, 6.07) is 10.5. The number of hydrogen-bond donors (Lipinski definition) is 1. The van der Waals surface area contributed by atoms with Gasteiger partial charge in [0.2, 0.25) is 0 Å². The molecule has 106 valence electrons. The summed E-state index contributed by atoms with van der Waals surface area (Å²) in [5.74, 6) is 0.0525. The molecule has 6 heteroatoms. The van der Waals surface area contributed by atoms with E-state index in [-0.39, 0.29) is 11.3 Å². The Bertz CT molecular complexity index is 820. The van der Waals surface area contributed by atoms with Crippen molar-refractivity contribution in [1.82, 2.24) is 9.78 Å². The van der Waals surface area contributed by atoms with Gasteiger partial charge >= 0.3 is 5.97 Å². The first kappa shape index (κ1) is 13.5. The van der Waals surface area contributed by atoms with E-state index in [1.165, 1.54) is 10.9 Å². The number of aromatic carboxylic acids is 1. The fraction of sp³-hybridized carbons (Fsp3) is 0.0667. The number of carboxylic acid groups (broad SMARTS) is 1. The van der Waals surface area contributed by atoms with Crippen LogP contribution in [-0.4, -0.2) is 20.9 Å². The van der Waals surface area contributed by atoms with Gasteiger partial charge in [-0.25, -0.2) is 9.48 Å². The third-order valence-electron chi connectivity index (χ3n) is 2.99. The fourth-order valence-corrected chi connectivity index (χ4v) is 2.21. The van der Waals surface area contributed by atoms with Gasteiger partial charge in [-0.3, -0.25) is 0 Å². The van der Waals surface area contributed by atoms with Gasteiger partial charge in [-0.05, 0) is 37.3 Å². The Morgan fingerprint density at radius 2 is 2.14 bits per heavy atom. The molecule has 0 saturated heterocycles. The topological polar surface area (TPSA) is 68.3 Å². The Kier molecular flexibility index (Phi) is 3.27. The monoisotopic (exact) mass is 302 g/mol. The summed E-state index contributed by atoms with van der Waals surface area (Å²) < 4.78 is 6.94. The number of carboxylic acids is 1. The predicted octanol–water partition coefficient (Wildman–Crippen LogP) is 3.79. The second-order valence-electron chi connectivity index (χ2n) is 4.53. The van der Waals surface area contributed by atoms with Crippen molar-refractivity contribution in [3.8, 4) is 17.1 Å². The number of furan rings is 1. The maximum absolute atomic E-state index is 11.4. The van der Waals surface area contributed by atoms with Crippen molar-refractivity contribution in [2.75, 3.05) is 0 Å². The summed E-state index contributed by atoms with van der Waals surface area (Å²) in [7, 11) is 0. The summed E-state index contributed by atoms with van der Waals surface area (Å²) in [6.07, 6.45) is 1.45. The van der Waals surface area contributed by atoms with Crippen LogP contribution in [0.4, 0.5) is 0 Å². The number of benzene rings is 1. The zero-order chi connectivity index (χ0) is 15.0. The van der Waals surface area contributed by atoms with Crippen molar-refractivity contribution in [1.29, 1.82) is 0 Å². The molecule has 0 aliphatic heterocycles. The number of aryl methyl sites for hydroxylation is 1. The van der Waals surface area contributed by atoms with E-state index in [9.17, 15) is 9.90 Å². The molecular weight excluding hydrogens is 292 g/mol. The van der Waals surface area contributed by atoms with Crippen LogP contribution in [-0.2, 0) is 0 Å². The van der Waals surface area contributed by atoms with Crippen LogP contribution in [0.1, 0.15) is 16.1 Å². The molecule has 0 unspecified atom stereocenters. The second-order valence-corrected chi connectivity index (χ2v) is 4.97. The fourth-order valence-electron chi connectivity index (χ4n) is 2.03. The van der Waals surface area contributed by atoms with Gasteiger partial charge in [0, 0.05) is 11.2 Å². The van der Waals surface area contributed by atoms with Gasteiger partial charge in [-0.1, -0.05) is 17.7 Å². The highest BCUT2D eigenvalue weighted by atomic mass is 35.5. The minimum atomic E-state index is -1.06. The van der Waals surface area contributed by atoms with Crippen molar-refractivity contribution in [3.05, 3.63) is 58.9 Å².